The van der Waals surface area contributed by atoms with Crippen LogP contribution in [0.4, 0.5) is 0 Å². The van der Waals surface area contributed by atoms with Crippen molar-refractivity contribution < 1.29 is 0 Å². The highest BCUT2D eigenvalue weighted by Gasteiger charge is 2.06. The normalized spacial score (nSPS) is 20.2. The van der Waals surface area contributed by atoms with Gasteiger partial charge in [-0.1, -0.05) is 0 Å². The van der Waals surface area contributed by atoms with Gasteiger partial charge in [-0.05, 0) is 30.9 Å². The molecule has 1 aliphatic rings. The number of rotatable bonds is 2. The molecule has 1 rings (SSSR count). The van der Waals surface area contributed by atoms with Crippen molar-refractivity contribution in [3.8, 4) is 0 Å². The van der Waals surface area contributed by atoms with E-state index in [-0.39, 0.29) is 0 Å². The van der Waals surface area contributed by atoms with Crippen LogP contribution in [0.25, 0.3) is 0 Å². The summed E-state index contributed by atoms with van der Waals surface area (Å²) in [6.45, 7) is 4.69. The van der Waals surface area contributed by atoms with Crippen LogP contribution in [0.2, 0.25) is 0 Å². The van der Waals surface area contributed by atoms with E-state index in [0.717, 1.165) is 0 Å². The molecule has 1 nitrogen and oxygen atoms in total. The van der Waals surface area contributed by atoms with Crippen LogP contribution in [0, 0.1) is 0 Å². The van der Waals surface area contributed by atoms with E-state index in [9.17, 15) is 0 Å². The molecule has 0 saturated carbocycles. The minimum Gasteiger partial charge on any atom is -0.377 e. The van der Waals surface area contributed by atoms with Crippen molar-refractivity contribution in [3.63, 3.8) is 0 Å². The second-order valence-corrected chi connectivity index (χ2v) is 3.74. The lowest BCUT2D eigenvalue weighted by Gasteiger charge is -2.11. The number of hydrogen-bond acceptors (Lipinski definition) is 2. The first-order chi connectivity index (χ1) is 4.83. The first kappa shape index (κ1) is 7.99. The molecule has 58 valence electrons. The van der Waals surface area contributed by atoms with Crippen LogP contribution in [-0.4, -0.2) is 24.2 Å². The Morgan fingerprint density at radius 3 is 2.50 bits per heavy atom. The number of thioether (sulfide) groups is 1. The Balaban J connectivity index is 2.34. The maximum Gasteiger partial charge on any atom is 0.0173 e. The monoisotopic (exact) mass is 157 g/mol. The lowest BCUT2D eigenvalue weighted by molar-refractivity contribution is 0.466. The SMILES string of the molecule is CS/C(C)=C\N1CCCC1. The average Bonchev–Trinajstić information content (AvgIpc) is 2.40. The Bertz CT molecular complexity index is 125. The summed E-state index contributed by atoms with van der Waals surface area (Å²) in [6.07, 6.45) is 7.15. The fourth-order valence-corrected chi connectivity index (χ4v) is 1.43. The van der Waals surface area contributed by atoms with Crippen molar-refractivity contribution in [1.29, 1.82) is 0 Å². The van der Waals surface area contributed by atoms with E-state index in [0.29, 0.717) is 0 Å². The van der Waals surface area contributed by atoms with E-state index in [2.05, 4.69) is 24.3 Å². The average molecular weight is 157 g/mol. The molecule has 0 radical (unpaired) electrons. The van der Waals surface area contributed by atoms with E-state index in [4.69, 9.17) is 0 Å². The highest BCUT2D eigenvalue weighted by molar-refractivity contribution is 8.02. The third-order valence-electron chi connectivity index (χ3n) is 1.83. The number of nitrogens with zero attached hydrogens (tertiary/aromatic N) is 1. The number of allylic oxidation sites excluding steroid dienone is 1. The third-order valence-corrected chi connectivity index (χ3v) is 2.58. The molecule has 1 fully saturated rings. The molecule has 0 aromatic heterocycles. The summed E-state index contributed by atoms with van der Waals surface area (Å²) in [5.74, 6) is 0. The zero-order valence-electron chi connectivity index (χ0n) is 6.76. The van der Waals surface area contributed by atoms with E-state index in [1.54, 1.807) is 0 Å². The van der Waals surface area contributed by atoms with Crippen LogP contribution < -0.4 is 0 Å². The molecule has 0 N–H and O–H groups in total. The lowest BCUT2D eigenvalue weighted by atomic mass is 10.4. The second-order valence-electron chi connectivity index (χ2n) is 2.69. The molecule has 10 heavy (non-hydrogen) atoms. The van der Waals surface area contributed by atoms with Crippen LogP contribution in [0.15, 0.2) is 11.1 Å². The van der Waals surface area contributed by atoms with Crippen LogP contribution in [0.1, 0.15) is 19.8 Å². The summed E-state index contributed by atoms with van der Waals surface area (Å²) in [5.41, 5.74) is 0. The number of likely N-dealkylation sites (tertiary alicyclic amines) is 1. The van der Waals surface area contributed by atoms with E-state index in [1.807, 2.05) is 11.8 Å². The van der Waals surface area contributed by atoms with Crippen molar-refractivity contribution in [2.45, 2.75) is 19.8 Å². The topological polar surface area (TPSA) is 3.24 Å². The largest absolute Gasteiger partial charge is 0.377 e. The molecule has 0 spiro atoms. The molecule has 0 bridgehead atoms. The van der Waals surface area contributed by atoms with Gasteiger partial charge >= 0.3 is 0 Å². The molecule has 0 aliphatic carbocycles. The second kappa shape index (κ2) is 3.91. The van der Waals surface area contributed by atoms with Gasteiger partial charge in [-0.2, -0.15) is 0 Å². The van der Waals surface area contributed by atoms with Gasteiger partial charge < -0.3 is 4.90 Å². The molecule has 1 saturated heterocycles. The Hall–Kier alpha value is -0.110. The van der Waals surface area contributed by atoms with Gasteiger partial charge in [0.25, 0.3) is 0 Å². The maximum atomic E-state index is 2.41. The fraction of sp³-hybridized carbons (Fsp3) is 0.750. The predicted octanol–water partition coefficient (Wildman–Crippen LogP) is 2.31. The standard InChI is InChI=1S/C8H15NS/c1-8(10-2)7-9-5-3-4-6-9/h7H,3-6H2,1-2H3/b8-7-. The zero-order valence-corrected chi connectivity index (χ0v) is 7.58. The van der Waals surface area contributed by atoms with Crippen molar-refractivity contribution >= 4 is 11.8 Å². The Labute approximate surface area is 67.5 Å². The minimum absolute atomic E-state index is 1.26. The van der Waals surface area contributed by atoms with Gasteiger partial charge in [-0.15, -0.1) is 11.8 Å². The maximum absolute atomic E-state index is 2.41. The molecule has 0 aromatic carbocycles. The Morgan fingerprint density at radius 2 is 2.00 bits per heavy atom. The molecule has 0 aromatic rings. The van der Waals surface area contributed by atoms with Crippen molar-refractivity contribution in [2.24, 2.45) is 0 Å². The van der Waals surface area contributed by atoms with Gasteiger partial charge in [0.1, 0.15) is 0 Å². The summed E-state index contributed by atoms with van der Waals surface area (Å²) >= 11 is 1.83. The first-order valence-corrected chi connectivity index (χ1v) is 5.02. The molecule has 1 aliphatic heterocycles. The lowest BCUT2D eigenvalue weighted by Crippen LogP contribution is -2.10. The van der Waals surface area contributed by atoms with Gasteiger partial charge in [0.15, 0.2) is 0 Å². The Kier molecular flexibility index (Phi) is 3.13. The summed E-state index contributed by atoms with van der Waals surface area (Å²) in [6, 6.07) is 0. The molecule has 0 unspecified atom stereocenters. The van der Waals surface area contributed by atoms with Gasteiger partial charge in [0, 0.05) is 19.3 Å². The highest BCUT2D eigenvalue weighted by Crippen LogP contribution is 2.14. The highest BCUT2D eigenvalue weighted by atomic mass is 32.2. The molecule has 1 heterocycles. The van der Waals surface area contributed by atoms with Gasteiger partial charge in [-0.3, -0.25) is 0 Å². The minimum atomic E-state index is 1.26. The summed E-state index contributed by atoms with van der Waals surface area (Å²) in [7, 11) is 0. The van der Waals surface area contributed by atoms with Crippen molar-refractivity contribution in [1.82, 2.24) is 4.90 Å². The fourth-order valence-electron chi connectivity index (χ4n) is 1.18. The molecular weight excluding hydrogens is 142 g/mol. The van der Waals surface area contributed by atoms with Crippen LogP contribution in [0.3, 0.4) is 0 Å². The smallest absolute Gasteiger partial charge is 0.0173 e. The van der Waals surface area contributed by atoms with Crippen LogP contribution >= 0.6 is 11.8 Å². The van der Waals surface area contributed by atoms with E-state index < -0.39 is 0 Å². The molecular formula is C8H15NS. The van der Waals surface area contributed by atoms with Gasteiger partial charge in [0.05, 0.1) is 0 Å². The third kappa shape index (κ3) is 2.25. The van der Waals surface area contributed by atoms with Crippen LogP contribution in [0.5, 0.6) is 0 Å². The Morgan fingerprint density at radius 1 is 1.40 bits per heavy atom. The predicted molar refractivity (Wildman–Crippen MR) is 48.1 cm³/mol. The number of hydrogen-bond donors (Lipinski definition) is 0. The van der Waals surface area contributed by atoms with E-state index >= 15 is 0 Å². The molecule has 0 atom stereocenters. The van der Waals surface area contributed by atoms with Gasteiger partial charge in [0.2, 0.25) is 0 Å². The van der Waals surface area contributed by atoms with Crippen LogP contribution in [-0.2, 0) is 0 Å². The van der Waals surface area contributed by atoms with Crippen molar-refractivity contribution in [2.75, 3.05) is 19.3 Å². The zero-order chi connectivity index (χ0) is 7.40. The summed E-state index contributed by atoms with van der Waals surface area (Å²) in [5, 5.41) is 0. The van der Waals surface area contributed by atoms with Gasteiger partial charge in [-0.25, -0.2) is 0 Å². The molecule has 0 amide bonds. The summed E-state index contributed by atoms with van der Waals surface area (Å²) < 4.78 is 0. The molecule has 2 heteroatoms. The van der Waals surface area contributed by atoms with Crippen molar-refractivity contribution in [3.05, 3.63) is 11.1 Å². The van der Waals surface area contributed by atoms with E-state index in [1.165, 1.54) is 30.8 Å². The quantitative estimate of drug-likeness (QED) is 0.605. The summed E-state index contributed by atoms with van der Waals surface area (Å²) in [4.78, 5) is 3.83. The first-order valence-electron chi connectivity index (χ1n) is 3.79.